The van der Waals surface area contributed by atoms with Crippen LogP contribution in [-0.2, 0) is 0 Å². The Morgan fingerprint density at radius 2 is 1.19 bits per heavy atom. The normalized spacial score (nSPS) is 16.4. The van der Waals surface area contributed by atoms with Crippen LogP contribution in [0.3, 0.4) is 0 Å². The summed E-state index contributed by atoms with van der Waals surface area (Å²) in [5, 5.41) is 0. The summed E-state index contributed by atoms with van der Waals surface area (Å²) in [5.74, 6) is 0. The molecule has 1 aliphatic rings. The minimum atomic E-state index is 1.03. The van der Waals surface area contributed by atoms with Crippen molar-refractivity contribution in [1.29, 1.82) is 0 Å². The molecular formula is C24H31N3. The highest BCUT2D eigenvalue weighted by atomic mass is 15.3. The molecule has 3 rings (SSSR count). The van der Waals surface area contributed by atoms with Gasteiger partial charge in [-0.1, -0.05) is 66.8 Å². The fourth-order valence-electron chi connectivity index (χ4n) is 3.28. The lowest BCUT2D eigenvalue weighted by Gasteiger charge is -2.33. The molecular weight excluding hydrogens is 330 g/mol. The summed E-state index contributed by atoms with van der Waals surface area (Å²) in [4.78, 5) is 7.18. The van der Waals surface area contributed by atoms with E-state index in [1.165, 1.54) is 16.8 Å². The van der Waals surface area contributed by atoms with Crippen molar-refractivity contribution in [3.05, 3.63) is 77.9 Å². The Balaban J connectivity index is 1.37. The molecule has 2 aromatic carbocycles. The Labute approximate surface area is 164 Å². The van der Waals surface area contributed by atoms with Crippen LogP contribution < -0.4 is 4.90 Å². The molecule has 2 aromatic rings. The van der Waals surface area contributed by atoms with Crippen molar-refractivity contribution in [3.63, 3.8) is 0 Å². The summed E-state index contributed by atoms with van der Waals surface area (Å²) in [6, 6.07) is 19.2. The monoisotopic (exact) mass is 361 g/mol. The molecule has 1 saturated heterocycles. The maximum atomic E-state index is 2.53. The molecule has 0 atom stereocenters. The minimum absolute atomic E-state index is 1.03. The summed E-state index contributed by atoms with van der Waals surface area (Å²) in [6.07, 6.45) is 9.02. The van der Waals surface area contributed by atoms with Crippen LogP contribution in [0.4, 0.5) is 5.69 Å². The van der Waals surface area contributed by atoms with Crippen molar-refractivity contribution in [2.45, 2.75) is 0 Å². The molecule has 0 N–H and O–H groups in total. The second-order valence-electron chi connectivity index (χ2n) is 7.30. The van der Waals surface area contributed by atoms with Gasteiger partial charge in [-0.25, -0.2) is 0 Å². The molecule has 0 aromatic heterocycles. The molecule has 142 valence electrons. The van der Waals surface area contributed by atoms with E-state index in [0.717, 1.165) is 39.3 Å². The quantitative estimate of drug-likeness (QED) is 0.735. The third-order valence-electron chi connectivity index (χ3n) is 5.02. The zero-order valence-corrected chi connectivity index (χ0v) is 16.6. The highest BCUT2D eigenvalue weighted by molar-refractivity contribution is 5.55. The summed E-state index contributed by atoms with van der Waals surface area (Å²) in [6.45, 7) is 6.64. The maximum Gasteiger partial charge on any atom is 0.0361 e. The van der Waals surface area contributed by atoms with Crippen LogP contribution in [0.5, 0.6) is 0 Å². The number of piperazine rings is 1. The Morgan fingerprint density at radius 1 is 0.704 bits per heavy atom. The van der Waals surface area contributed by atoms with Crippen molar-refractivity contribution in [3.8, 4) is 0 Å². The number of rotatable bonds is 7. The molecule has 1 aliphatic heterocycles. The van der Waals surface area contributed by atoms with Crippen LogP contribution in [0.15, 0.2) is 66.7 Å². The zero-order chi connectivity index (χ0) is 18.9. The van der Waals surface area contributed by atoms with Gasteiger partial charge in [-0.3, -0.25) is 9.80 Å². The van der Waals surface area contributed by atoms with Gasteiger partial charge in [-0.15, -0.1) is 0 Å². The van der Waals surface area contributed by atoms with E-state index >= 15 is 0 Å². The molecule has 0 unspecified atom stereocenters. The van der Waals surface area contributed by atoms with Gasteiger partial charge in [-0.2, -0.15) is 0 Å². The minimum Gasteiger partial charge on any atom is -0.378 e. The van der Waals surface area contributed by atoms with Gasteiger partial charge in [0.1, 0.15) is 0 Å². The zero-order valence-electron chi connectivity index (χ0n) is 16.6. The molecule has 1 fully saturated rings. The molecule has 0 radical (unpaired) electrons. The molecule has 3 heteroatoms. The number of benzene rings is 2. The van der Waals surface area contributed by atoms with Gasteiger partial charge in [0.05, 0.1) is 0 Å². The van der Waals surface area contributed by atoms with Crippen LogP contribution in [0.25, 0.3) is 12.2 Å². The number of nitrogens with zero attached hydrogens (tertiary/aromatic N) is 3. The van der Waals surface area contributed by atoms with Crippen LogP contribution >= 0.6 is 0 Å². The summed E-state index contributed by atoms with van der Waals surface area (Å²) < 4.78 is 0. The van der Waals surface area contributed by atoms with E-state index < -0.39 is 0 Å². The Hall–Kier alpha value is -2.36. The van der Waals surface area contributed by atoms with E-state index in [9.17, 15) is 0 Å². The molecule has 0 amide bonds. The highest BCUT2D eigenvalue weighted by Gasteiger charge is 2.14. The average molecular weight is 362 g/mol. The third-order valence-corrected chi connectivity index (χ3v) is 5.02. The van der Waals surface area contributed by atoms with Crippen molar-refractivity contribution >= 4 is 17.8 Å². The smallest absolute Gasteiger partial charge is 0.0361 e. The van der Waals surface area contributed by atoms with Gasteiger partial charge in [0.2, 0.25) is 0 Å². The Bertz CT molecular complexity index is 724. The van der Waals surface area contributed by atoms with Crippen LogP contribution in [-0.4, -0.2) is 63.2 Å². The van der Waals surface area contributed by atoms with Crippen LogP contribution in [0.2, 0.25) is 0 Å². The number of hydrogen-bond donors (Lipinski definition) is 0. The fraction of sp³-hybridized carbons (Fsp3) is 0.333. The first-order chi connectivity index (χ1) is 13.2. The lowest BCUT2D eigenvalue weighted by Crippen LogP contribution is -2.46. The van der Waals surface area contributed by atoms with Gasteiger partial charge in [-0.05, 0) is 23.3 Å². The maximum absolute atomic E-state index is 2.53. The highest BCUT2D eigenvalue weighted by Crippen LogP contribution is 2.13. The SMILES string of the molecule is CN(C)c1ccc(/C=C\CN2CCN(C/C=C\c3ccccc3)CC2)cc1. The predicted molar refractivity (Wildman–Crippen MR) is 118 cm³/mol. The first-order valence-corrected chi connectivity index (χ1v) is 9.81. The van der Waals surface area contributed by atoms with Gasteiger partial charge in [0.15, 0.2) is 0 Å². The average Bonchev–Trinajstić information content (AvgIpc) is 2.70. The van der Waals surface area contributed by atoms with Gasteiger partial charge in [0.25, 0.3) is 0 Å². The van der Waals surface area contributed by atoms with E-state index in [1.807, 2.05) is 0 Å². The second-order valence-corrected chi connectivity index (χ2v) is 7.30. The lowest BCUT2D eigenvalue weighted by molar-refractivity contribution is 0.154. The van der Waals surface area contributed by atoms with Crippen LogP contribution in [0.1, 0.15) is 11.1 Å². The van der Waals surface area contributed by atoms with E-state index in [4.69, 9.17) is 0 Å². The summed E-state index contributed by atoms with van der Waals surface area (Å²) >= 11 is 0. The lowest BCUT2D eigenvalue weighted by atomic mass is 10.2. The first-order valence-electron chi connectivity index (χ1n) is 9.81. The van der Waals surface area contributed by atoms with Crippen molar-refractivity contribution in [2.75, 3.05) is 58.3 Å². The Morgan fingerprint density at radius 3 is 1.67 bits per heavy atom. The second kappa shape index (κ2) is 10.1. The molecule has 27 heavy (non-hydrogen) atoms. The summed E-state index contributed by atoms with van der Waals surface area (Å²) in [7, 11) is 4.14. The first kappa shape index (κ1) is 19.4. The van der Waals surface area contributed by atoms with Gasteiger partial charge < -0.3 is 4.90 Å². The largest absolute Gasteiger partial charge is 0.378 e. The number of hydrogen-bond acceptors (Lipinski definition) is 3. The summed E-state index contributed by atoms with van der Waals surface area (Å²) in [5.41, 5.74) is 3.79. The number of anilines is 1. The topological polar surface area (TPSA) is 9.72 Å². The van der Waals surface area contributed by atoms with Crippen LogP contribution in [0, 0.1) is 0 Å². The third kappa shape index (κ3) is 6.38. The standard InChI is InChI=1S/C24H31N3/c1-25(2)24-14-12-23(13-15-24)11-7-17-27-20-18-26(19-21-27)16-6-10-22-8-4-3-5-9-22/h3-15H,16-21H2,1-2H3/b10-6-,11-7-. The molecule has 0 aliphatic carbocycles. The van der Waals surface area contributed by atoms with E-state index in [1.54, 1.807) is 0 Å². The van der Waals surface area contributed by atoms with E-state index in [-0.39, 0.29) is 0 Å². The molecule has 3 nitrogen and oxygen atoms in total. The van der Waals surface area contributed by atoms with E-state index in [0.29, 0.717) is 0 Å². The Kier molecular flexibility index (Phi) is 7.26. The molecule has 1 heterocycles. The van der Waals surface area contributed by atoms with E-state index in [2.05, 4.69) is 108 Å². The van der Waals surface area contributed by atoms with Crippen molar-refractivity contribution < 1.29 is 0 Å². The molecule has 0 spiro atoms. The van der Waals surface area contributed by atoms with Gasteiger partial charge in [0, 0.05) is 59.1 Å². The van der Waals surface area contributed by atoms with Gasteiger partial charge >= 0.3 is 0 Å². The van der Waals surface area contributed by atoms with Crippen molar-refractivity contribution in [1.82, 2.24) is 9.80 Å². The predicted octanol–water partition coefficient (Wildman–Crippen LogP) is 4.10. The van der Waals surface area contributed by atoms with Crippen molar-refractivity contribution in [2.24, 2.45) is 0 Å². The molecule has 0 bridgehead atoms. The fourth-order valence-corrected chi connectivity index (χ4v) is 3.28. The molecule has 0 saturated carbocycles.